The lowest BCUT2D eigenvalue weighted by Gasteiger charge is -2.37. The van der Waals surface area contributed by atoms with Gasteiger partial charge in [-0.3, -0.25) is 4.79 Å². The van der Waals surface area contributed by atoms with Gasteiger partial charge in [0, 0.05) is 43.4 Å². The lowest BCUT2D eigenvalue weighted by Crippen LogP contribution is -2.45. The van der Waals surface area contributed by atoms with Crippen LogP contribution in [0.4, 0.5) is 0 Å². The third-order valence-corrected chi connectivity index (χ3v) is 6.26. The van der Waals surface area contributed by atoms with Crippen LogP contribution in [0, 0.1) is 5.92 Å². The summed E-state index contributed by atoms with van der Waals surface area (Å²) in [6.45, 7) is 4.39. The molecule has 4 rings (SSSR count). The highest BCUT2D eigenvalue weighted by Gasteiger charge is 2.31. The van der Waals surface area contributed by atoms with Crippen LogP contribution in [0.5, 0.6) is 11.5 Å². The Morgan fingerprint density at radius 1 is 1.14 bits per heavy atom. The fourth-order valence-electron chi connectivity index (χ4n) is 4.68. The van der Waals surface area contributed by atoms with Crippen molar-refractivity contribution in [3.63, 3.8) is 0 Å². The second-order valence-electron chi connectivity index (χ2n) is 8.33. The summed E-state index contributed by atoms with van der Waals surface area (Å²) in [5.74, 6) is 2.55. The number of methoxy groups -OCH3 is 2. The SMILES string of the molecule is COc1ccc(CCN(C)Cc2ccc3n(c2=O)C[C@@H]2CNC[C@H]3C2)cc1OC. The van der Waals surface area contributed by atoms with E-state index in [1.807, 2.05) is 22.8 Å². The number of fused-ring (bicyclic) bond motifs is 4. The quantitative estimate of drug-likeness (QED) is 0.777. The summed E-state index contributed by atoms with van der Waals surface area (Å²) in [6.07, 6.45) is 2.09. The molecule has 2 atom stereocenters. The van der Waals surface area contributed by atoms with E-state index in [4.69, 9.17) is 9.47 Å². The highest BCUT2D eigenvalue weighted by Crippen LogP contribution is 2.32. The van der Waals surface area contributed by atoms with Crippen LogP contribution in [0.25, 0.3) is 0 Å². The van der Waals surface area contributed by atoms with Crippen molar-refractivity contribution in [2.24, 2.45) is 5.92 Å². The summed E-state index contributed by atoms with van der Waals surface area (Å²) in [5, 5.41) is 3.50. The molecule has 0 spiro atoms. The van der Waals surface area contributed by atoms with Gasteiger partial charge in [-0.05, 0) is 56.1 Å². The first-order chi connectivity index (χ1) is 14.1. The van der Waals surface area contributed by atoms with Gasteiger partial charge in [-0.1, -0.05) is 12.1 Å². The fourth-order valence-corrected chi connectivity index (χ4v) is 4.68. The van der Waals surface area contributed by atoms with Gasteiger partial charge in [0.2, 0.25) is 0 Å². The summed E-state index contributed by atoms with van der Waals surface area (Å²) >= 11 is 0. The number of hydrogen-bond donors (Lipinski definition) is 1. The van der Waals surface area contributed by atoms with E-state index >= 15 is 0 Å². The summed E-state index contributed by atoms with van der Waals surface area (Å²) in [4.78, 5) is 15.3. The molecule has 0 aliphatic carbocycles. The molecule has 1 saturated heterocycles. The predicted octanol–water partition coefficient (Wildman–Crippen LogP) is 2.25. The summed E-state index contributed by atoms with van der Waals surface area (Å²) in [6, 6.07) is 10.2. The van der Waals surface area contributed by atoms with E-state index < -0.39 is 0 Å². The van der Waals surface area contributed by atoms with E-state index in [2.05, 4.69) is 29.4 Å². The Labute approximate surface area is 172 Å². The van der Waals surface area contributed by atoms with Gasteiger partial charge in [0.15, 0.2) is 11.5 Å². The van der Waals surface area contributed by atoms with Gasteiger partial charge in [-0.25, -0.2) is 0 Å². The molecule has 0 amide bonds. The monoisotopic (exact) mass is 397 g/mol. The highest BCUT2D eigenvalue weighted by atomic mass is 16.5. The number of pyridine rings is 1. The first-order valence-electron chi connectivity index (χ1n) is 10.4. The van der Waals surface area contributed by atoms with Gasteiger partial charge in [-0.15, -0.1) is 0 Å². The average molecular weight is 398 g/mol. The third-order valence-electron chi connectivity index (χ3n) is 6.26. The molecule has 6 nitrogen and oxygen atoms in total. The zero-order valence-corrected chi connectivity index (χ0v) is 17.6. The molecule has 29 heavy (non-hydrogen) atoms. The van der Waals surface area contributed by atoms with Crippen LogP contribution >= 0.6 is 0 Å². The van der Waals surface area contributed by atoms with Crippen LogP contribution < -0.4 is 20.3 Å². The molecule has 0 radical (unpaired) electrons. The smallest absolute Gasteiger partial charge is 0.255 e. The van der Waals surface area contributed by atoms with Crippen molar-refractivity contribution in [2.75, 3.05) is 40.9 Å². The van der Waals surface area contributed by atoms with E-state index in [9.17, 15) is 4.79 Å². The van der Waals surface area contributed by atoms with Crippen molar-refractivity contribution in [2.45, 2.75) is 31.8 Å². The summed E-state index contributed by atoms with van der Waals surface area (Å²) in [7, 11) is 5.37. The Morgan fingerprint density at radius 3 is 2.76 bits per heavy atom. The average Bonchev–Trinajstić information content (AvgIpc) is 2.74. The minimum Gasteiger partial charge on any atom is -0.493 e. The molecule has 2 aliphatic heterocycles. The zero-order valence-electron chi connectivity index (χ0n) is 17.6. The van der Waals surface area contributed by atoms with Gasteiger partial charge >= 0.3 is 0 Å². The van der Waals surface area contributed by atoms with Crippen molar-refractivity contribution in [1.29, 1.82) is 0 Å². The first kappa shape index (κ1) is 20.0. The zero-order chi connectivity index (χ0) is 20.4. The second kappa shape index (κ2) is 8.59. The van der Waals surface area contributed by atoms with Gasteiger partial charge in [0.25, 0.3) is 5.56 Å². The van der Waals surface area contributed by atoms with Crippen LogP contribution in [-0.2, 0) is 19.5 Å². The van der Waals surface area contributed by atoms with E-state index in [1.165, 1.54) is 17.7 Å². The molecule has 6 heteroatoms. The summed E-state index contributed by atoms with van der Waals surface area (Å²) in [5.41, 5.74) is 3.47. The number of piperidine rings is 1. The van der Waals surface area contributed by atoms with Crippen molar-refractivity contribution >= 4 is 0 Å². The number of benzene rings is 1. The van der Waals surface area contributed by atoms with E-state index in [0.717, 1.165) is 49.7 Å². The van der Waals surface area contributed by atoms with Crippen LogP contribution in [0.1, 0.15) is 29.2 Å². The van der Waals surface area contributed by atoms with Gasteiger partial charge in [0.1, 0.15) is 0 Å². The molecule has 3 heterocycles. The molecule has 1 aromatic carbocycles. The molecule has 1 aromatic heterocycles. The van der Waals surface area contributed by atoms with Gasteiger partial charge < -0.3 is 24.3 Å². The molecule has 0 unspecified atom stereocenters. The number of nitrogens with one attached hydrogen (secondary N) is 1. The van der Waals surface area contributed by atoms with E-state index in [-0.39, 0.29) is 5.56 Å². The Bertz CT molecular complexity index is 924. The van der Waals surface area contributed by atoms with Crippen LogP contribution in [0.15, 0.2) is 35.1 Å². The Kier molecular flexibility index (Phi) is 5.92. The highest BCUT2D eigenvalue weighted by molar-refractivity contribution is 5.43. The molecule has 2 aliphatic rings. The first-order valence-corrected chi connectivity index (χ1v) is 10.4. The third kappa shape index (κ3) is 4.19. The maximum atomic E-state index is 13.1. The second-order valence-corrected chi connectivity index (χ2v) is 8.33. The Hall–Kier alpha value is -2.31. The Morgan fingerprint density at radius 2 is 1.97 bits per heavy atom. The number of rotatable bonds is 7. The van der Waals surface area contributed by atoms with Gasteiger partial charge in [-0.2, -0.15) is 0 Å². The Balaban J connectivity index is 1.42. The lowest BCUT2D eigenvalue weighted by molar-refractivity contribution is 0.255. The number of hydrogen-bond acceptors (Lipinski definition) is 5. The van der Waals surface area contributed by atoms with Crippen LogP contribution in [0.2, 0.25) is 0 Å². The minimum absolute atomic E-state index is 0.192. The van der Waals surface area contributed by atoms with Crippen molar-refractivity contribution < 1.29 is 9.47 Å². The van der Waals surface area contributed by atoms with Gasteiger partial charge in [0.05, 0.1) is 14.2 Å². The van der Waals surface area contributed by atoms with Crippen LogP contribution in [0.3, 0.4) is 0 Å². The number of ether oxygens (including phenoxy) is 2. The minimum atomic E-state index is 0.192. The maximum absolute atomic E-state index is 13.1. The lowest BCUT2D eigenvalue weighted by atomic mass is 9.84. The van der Waals surface area contributed by atoms with Crippen LogP contribution in [-0.4, -0.2) is 50.4 Å². The molecular formula is C23H31N3O3. The topological polar surface area (TPSA) is 55.7 Å². The normalized spacial score (nSPS) is 20.4. The molecule has 1 N–H and O–H groups in total. The largest absolute Gasteiger partial charge is 0.493 e. The predicted molar refractivity (Wildman–Crippen MR) is 114 cm³/mol. The van der Waals surface area contributed by atoms with Crippen molar-refractivity contribution in [1.82, 2.24) is 14.8 Å². The molecule has 0 saturated carbocycles. The standard InChI is InChI=1S/C23H31N3O3/c1-25(9-8-16-4-7-21(28-2)22(11-16)29-3)15-18-5-6-20-19-10-17(12-24-13-19)14-26(20)23(18)27/h4-7,11,17,19,24H,8-10,12-15H2,1-3H3/t17-,19+/m0/s1. The van der Waals surface area contributed by atoms with Crippen molar-refractivity contribution in [3.8, 4) is 11.5 Å². The maximum Gasteiger partial charge on any atom is 0.255 e. The molecule has 1 fully saturated rings. The number of nitrogens with zero attached hydrogens (tertiary/aromatic N) is 2. The molecule has 156 valence electrons. The number of likely N-dealkylation sites (N-methyl/N-ethyl adjacent to an activating group) is 1. The van der Waals surface area contributed by atoms with E-state index in [0.29, 0.717) is 18.4 Å². The number of aromatic nitrogens is 1. The molecule has 2 bridgehead atoms. The fraction of sp³-hybridized carbons (Fsp3) is 0.522. The van der Waals surface area contributed by atoms with E-state index in [1.54, 1.807) is 14.2 Å². The van der Waals surface area contributed by atoms with Crippen molar-refractivity contribution in [3.05, 3.63) is 57.5 Å². The molecular weight excluding hydrogens is 366 g/mol. The molecule has 2 aromatic rings. The summed E-state index contributed by atoms with van der Waals surface area (Å²) < 4.78 is 12.7.